The molecule has 1 aromatic rings. The number of nitrogens with two attached hydrogens (primary N) is 1. The standard InChI is InChI=1S/C13H13F3N2O4/c1-22-11(20)8-4-2-7(3-5-8)9(6-10(17)19)18-12(21)13(14,15)16/h2-5,9H,6H2,1H3,(H2,17,19)(H,18,21)/t9-/m1/s1. The van der Waals surface area contributed by atoms with Gasteiger partial charge >= 0.3 is 18.1 Å². The molecule has 0 fully saturated rings. The Bertz CT molecular complexity index is 570. The van der Waals surface area contributed by atoms with Gasteiger partial charge < -0.3 is 15.8 Å². The molecule has 3 N–H and O–H groups in total. The number of benzene rings is 1. The molecule has 0 heterocycles. The highest BCUT2D eigenvalue weighted by molar-refractivity contribution is 5.89. The van der Waals surface area contributed by atoms with Crippen molar-refractivity contribution in [2.75, 3.05) is 7.11 Å². The normalized spacial score (nSPS) is 12.4. The lowest BCUT2D eigenvalue weighted by Crippen LogP contribution is -2.40. The molecule has 0 spiro atoms. The van der Waals surface area contributed by atoms with Gasteiger partial charge in [-0.05, 0) is 17.7 Å². The number of ether oxygens (including phenoxy) is 1. The molecule has 0 saturated heterocycles. The van der Waals surface area contributed by atoms with Gasteiger partial charge in [-0.25, -0.2) is 4.79 Å². The minimum absolute atomic E-state index is 0.172. The van der Waals surface area contributed by atoms with E-state index in [0.29, 0.717) is 0 Å². The van der Waals surface area contributed by atoms with E-state index >= 15 is 0 Å². The van der Waals surface area contributed by atoms with Gasteiger partial charge in [-0.2, -0.15) is 13.2 Å². The number of esters is 1. The maximum Gasteiger partial charge on any atom is 0.471 e. The molecular weight excluding hydrogens is 305 g/mol. The fourth-order valence-corrected chi connectivity index (χ4v) is 1.66. The number of primary amides is 1. The molecule has 22 heavy (non-hydrogen) atoms. The average molecular weight is 318 g/mol. The summed E-state index contributed by atoms with van der Waals surface area (Å²) < 4.78 is 41.3. The Morgan fingerprint density at radius 3 is 2.18 bits per heavy atom. The first-order valence-corrected chi connectivity index (χ1v) is 5.99. The predicted molar refractivity (Wildman–Crippen MR) is 68.5 cm³/mol. The van der Waals surface area contributed by atoms with E-state index in [9.17, 15) is 27.6 Å². The number of hydrogen-bond donors (Lipinski definition) is 2. The molecule has 0 aliphatic heterocycles. The molecule has 0 aliphatic rings. The number of alkyl halides is 3. The Hall–Kier alpha value is -2.58. The summed E-state index contributed by atoms with van der Waals surface area (Å²) in [7, 11) is 1.18. The molecule has 1 atom stereocenters. The first-order valence-electron chi connectivity index (χ1n) is 5.99. The maximum absolute atomic E-state index is 12.3. The van der Waals surface area contributed by atoms with Gasteiger partial charge in [-0.1, -0.05) is 12.1 Å². The van der Waals surface area contributed by atoms with Crippen molar-refractivity contribution in [3.8, 4) is 0 Å². The molecule has 0 aromatic heterocycles. The van der Waals surface area contributed by atoms with Crippen molar-refractivity contribution in [2.45, 2.75) is 18.6 Å². The van der Waals surface area contributed by atoms with Crippen LogP contribution in [0.4, 0.5) is 13.2 Å². The quantitative estimate of drug-likeness (QED) is 0.793. The van der Waals surface area contributed by atoms with Gasteiger partial charge in [0.1, 0.15) is 0 Å². The molecule has 0 unspecified atom stereocenters. The van der Waals surface area contributed by atoms with E-state index in [4.69, 9.17) is 5.73 Å². The molecule has 1 aromatic carbocycles. The second-order valence-electron chi connectivity index (χ2n) is 4.31. The van der Waals surface area contributed by atoms with E-state index in [-0.39, 0.29) is 11.1 Å². The van der Waals surface area contributed by atoms with Crippen molar-refractivity contribution >= 4 is 17.8 Å². The Labute approximate surface area is 123 Å². The lowest BCUT2D eigenvalue weighted by atomic mass is 10.0. The highest BCUT2D eigenvalue weighted by Crippen LogP contribution is 2.21. The number of carbonyl (C=O) groups is 3. The summed E-state index contributed by atoms with van der Waals surface area (Å²) in [6.45, 7) is 0. The molecular formula is C13H13F3N2O4. The predicted octanol–water partition coefficient (Wildman–Crippen LogP) is 1.07. The molecule has 6 nitrogen and oxygen atoms in total. The van der Waals surface area contributed by atoms with Crippen LogP contribution in [-0.4, -0.2) is 31.1 Å². The number of methoxy groups -OCH3 is 1. The Kier molecular flexibility index (Phi) is 5.50. The first kappa shape index (κ1) is 17.5. The van der Waals surface area contributed by atoms with Gasteiger partial charge in [0.25, 0.3) is 0 Å². The average Bonchev–Trinajstić information content (AvgIpc) is 2.44. The maximum atomic E-state index is 12.3. The molecule has 0 saturated carbocycles. The van der Waals surface area contributed by atoms with Crippen LogP contribution in [0.25, 0.3) is 0 Å². The summed E-state index contributed by atoms with van der Waals surface area (Å²) in [5.74, 6) is -3.70. The van der Waals surface area contributed by atoms with Gasteiger partial charge in [0.2, 0.25) is 5.91 Å². The number of nitrogens with one attached hydrogen (secondary N) is 1. The van der Waals surface area contributed by atoms with E-state index in [1.807, 2.05) is 0 Å². The molecule has 120 valence electrons. The van der Waals surface area contributed by atoms with Gasteiger partial charge in [0.05, 0.1) is 25.1 Å². The van der Waals surface area contributed by atoms with Crippen molar-refractivity contribution in [3.05, 3.63) is 35.4 Å². The minimum Gasteiger partial charge on any atom is -0.465 e. The van der Waals surface area contributed by atoms with Crippen molar-refractivity contribution in [2.24, 2.45) is 5.73 Å². The first-order chi connectivity index (χ1) is 10.1. The molecule has 9 heteroatoms. The summed E-state index contributed by atoms with van der Waals surface area (Å²) in [5.41, 5.74) is 5.34. The smallest absolute Gasteiger partial charge is 0.465 e. The van der Waals surface area contributed by atoms with Crippen LogP contribution in [0, 0.1) is 0 Å². The third-order valence-electron chi connectivity index (χ3n) is 2.70. The van der Waals surface area contributed by atoms with Crippen molar-refractivity contribution in [1.82, 2.24) is 5.32 Å². The summed E-state index contributed by atoms with van der Waals surface area (Å²) in [6, 6.07) is 3.95. The van der Waals surface area contributed by atoms with Gasteiger partial charge in [-0.15, -0.1) is 0 Å². The van der Waals surface area contributed by atoms with Crippen LogP contribution in [0.1, 0.15) is 28.4 Å². The number of hydrogen-bond acceptors (Lipinski definition) is 4. The van der Waals surface area contributed by atoms with Gasteiger partial charge in [0.15, 0.2) is 0 Å². The lowest BCUT2D eigenvalue weighted by molar-refractivity contribution is -0.174. The van der Waals surface area contributed by atoms with Crippen LogP contribution in [0.5, 0.6) is 0 Å². The fraction of sp³-hybridized carbons (Fsp3) is 0.308. The molecule has 0 bridgehead atoms. The molecule has 0 radical (unpaired) electrons. The van der Waals surface area contributed by atoms with Crippen LogP contribution in [0.3, 0.4) is 0 Å². The van der Waals surface area contributed by atoms with Crippen molar-refractivity contribution < 1.29 is 32.3 Å². The largest absolute Gasteiger partial charge is 0.471 e. The monoisotopic (exact) mass is 318 g/mol. The molecule has 1 rings (SSSR count). The SMILES string of the molecule is COC(=O)c1ccc([C@@H](CC(N)=O)NC(=O)C(F)(F)F)cc1. The van der Waals surface area contributed by atoms with Crippen LogP contribution >= 0.6 is 0 Å². The Morgan fingerprint density at radius 1 is 1.23 bits per heavy atom. The van der Waals surface area contributed by atoms with Gasteiger partial charge in [-0.3, -0.25) is 9.59 Å². The highest BCUT2D eigenvalue weighted by Gasteiger charge is 2.40. The zero-order chi connectivity index (χ0) is 16.9. The van der Waals surface area contributed by atoms with Crippen molar-refractivity contribution in [3.63, 3.8) is 0 Å². The minimum atomic E-state index is -5.08. The summed E-state index contributed by atoms with van der Waals surface area (Å²) in [5, 5.41) is 1.69. The zero-order valence-electron chi connectivity index (χ0n) is 11.4. The third kappa shape index (κ3) is 4.76. The van der Waals surface area contributed by atoms with Crippen LogP contribution in [-0.2, 0) is 14.3 Å². The summed E-state index contributed by atoms with van der Waals surface area (Å²) in [4.78, 5) is 33.2. The number of rotatable bonds is 5. The lowest BCUT2D eigenvalue weighted by Gasteiger charge is -2.19. The second kappa shape index (κ2) is 6.92. The molecule has 2 amide bonds. The van der Waals surface area contributed by atoms with Crippen molar-refractivity contribution in [1.29, 1.82) is 0 Å². The zero-order valence-corrected chi connectivity index (χ0v) is 11.4. The number of amides is 2. The van der Waals surface area contributed by atoms with Crippen LogP contribution in [0.15, 0.2) is 24.3 Å². The van der Waals surface area contributed by atoms with Crippen LogP contribution < -0.4 is 11.1 Å². The Morgan fingerprint density at radius 2 is 1.77 bits per heavy atom. The molecule has 0 aliphatic carbocycles. The third-order valence-corrected chi connectivity index (χ3v) is 2.70. The summed E-state index contributed by atoms with van der Waals surface area (Å²) in [6.07, 6.45) is -5.60. The topological polar surface area (TPSA) is 98.5 Å². The van der Waals surface area contributed by atoms with E-state index in [1.165, 1.54) is 31.4 Å². The highest BCUT2D eigenvalue weighted by atomic mass is 19.4. The van der Waals surface area contributed by atoms with E-state index in [2.05, 4.69) is 4.74 Å². The fourth-order valence-electron chi connectivity index (χ4n) is 1.66. The van der Waals surface area contributed by atoms with E-state index in [0.717, 1.165) is 0 Å². The van der Waals surface area contributed by atoms with E-state index in [1.54, 1.807) is 5.32 Å². The van der Waals surface area contributed by atoms with Crippen LogP contribution in [0.2, 0.25) is 0 Å². The van der Waals surface area contributed by atoms with Gasteiger partial charge in [0, 0.05) is 0 Å². The Balaban J connectivity index is 2.99. The second-order valence-corrected chi connectivity index (χ2v) is 4.31. The summed E-state index contributed by atoms with van der Waals surface area (Å²) >= 11 is 0. The number of halogens is 3. The number of carbonyl (C=O) groups excluding carboxylic acids is 3. The van der Waals surface area contributed by atoms with E-state index < -0.39 is 36.4 Å².